The summed E-state index contributed by atoms with van der Waals surface area (Å²) < 4.78 is 5.51. The van der Waals surface area contributed by atoms with Gasteiger partial charge in [0.2, 0.25) is 0 Å². The first-order valence-electron chi connectivity index (χ1n) is 14.9. The number of esters is 1. The van der Waals surface area contributed by atoms with Crippen LogP contribution in [0.2, 0.25) is 12.6 Å². The molecule has 0 aliphatic heterocycles. The average molecular weight is 476 g/mol. The number of rotatable bonds is 8. The van der Waals surface area contributed by atoms with Crippen LogP contribution in [0.5, 0.6) is 0 Å². The SMILES string of the molecule is CCCC1CCC2(C)CCC3C(CCC4(C)C(C[B]CC(=O)OCc5ccccc5)CCC34)C2C1. The molecule has 4 aliphatic carbocycles. The first-order valence-corrected chi connectivity index (χ1v) is 14.9. The van der Waals surface area contributed by atoms with Crippen LogP contribution in [-0.2, 0) is 16.1 Å². The van der Waals surface area contributed by atoms with Crippen LogP contribution in [0.3, 0.4) is 0 Å². The van der Waals surface area contributed by atoms with E-state index in [-0.39, 0.29) is 5.97 Å². The average Bonchev–Trinajstić information content (AvgIpc) is 3.20. The molecule has 1 aromatic carbocycles. The molecule has 0 saturated heterocycles. The highest BCUT2D eigenvalue weighted by atomic mass is 16.5. The van der Waals surface area contributed by atoms with Crippen molar-refractivity contribution < 1.29 is 9.53 Å². The Bertz CT molecular complexity index is 854. The highest BCUT2D eigenvalue weighted by molar-refractivity contribution is 6.40. The summed E-state index contributed by atoms with van der Waals surface area (Å²) in [6, 6.07) is 10.00. The van der Waals surface area contributed by atoms with Crippen molar-refractivity contribution in [1.82, 2.24) is 0 Å². The van der Waals surface area contributed by atoms with Gasteiger partial charge in [-0.05, 0) is 103 Å². The number of hydrogen-bond donors (Lipinski definition) is 0. The molecule has 0 heterocycles. The highest BCUT2D eigenvalue weighted by Crippen LogP contribution is 2.67. The molecular formula is C32H48BO2. The molecule has 0 amide bonds. The molecule has 4 saturated carbocycles. The molecule has 0 spiro atoms. The molecule has 2 nitrogen and oxygen atoms in total. The Balaban J connectivity index is 1.15. The minimum atomic E-state index is -0.0808. The lowest BCUT2D eigenvalue weighted by molar-refractivity contribution is -0.142. The lowest BCUT2D eigenvalue weighted by Gasteiger charge is -2.60. The molecule has 4 fully saturated rings. The molecule has 0 N–H and O–H groups in total. The van der Waals surface area contributed by atoms with Crippen LogP contribution in [0.25, 0.3) is 0 Å². The fraction of sp³-hybridized carbons (Fsp3) is 0.781. The van der Waals surface area contributed by atoms with E-state index in [4.69, 9.17) is 4.74 Å². The summed E-state index contributed by atoms with van der Waals surface area (Å²) >= 11 is 0. The second-order valence-electron chi connectivity index (χ2n) is 13.4. The van der Waals surface area contributed by atoms with Gasteiger partial charge < -0.3 is 4.74 Å². The van der Waals surface area contributed by atoms with Crippen molar-refractivity contribution >= 4 is 13.2 Å². The number of hydrogen-bond acceptors (Lipinski definition) is 2. The van der Waals surface area contributed by atoms with Gasteiger partial charge in [0.05, 0.1) is 0 Å². The van der Waals surface area contributed by atoms with Crippen LogP contribution in [-0.4, -0.2) is 13.2 Å². The topological polar surface area (TPSA) is 26.3 Å². The van der Waals surface area contributed by atoms with Gasteiger partial charge >= 0.3 is 0 Å². The largest absolute Gasteiger partial charge is 0.461 e. The molecule has 0 aromatic heterocycles. The summed E-state index contributed by atoms with van der Waals surface area (Å²) in [5, 5.41) is 0. The molecule has 35 heavy (non-hydrogen) atoms. The Labute approximate surface area is 215 Å². The monoisotopic (exact) mass is 475 g/mol. The third-order valence-electron chi connectivity index (χ3n) is 11.6. The van der Waals surface area contributed by atoms with Gasteiger partial charge in [0.25, 0.3) is 5.97 Å². The number of benzene rings is 1. The Morgan fingerprint density at radius 1 is 0.971 bits per heavy atom. The predicted molar refractivity (Wildman–Crippen MR) is 145 cm³/mol. The number of carbonyl (C=O) groups excluding carboxylic acids is 1. The maximum atomic E-state index is 12.3. The van der Waals surface area contributed by atoms with E-state index in [0.717, 1.165) is 47.4 Å². The number of fused-ring (bicyclic) bond motifs is 5. The highest BCUT2D eigenvalue weighted by Gasteiger charge is 2.58. The Morgan fingerprint density at radius 2 is 1.71 bits per heavy atom. The summed E-state index contributed by atoms with van der Waals surface area (Å²) in [6.07, 6.45) is 17.5. The van der Waals surface area contributed by atoms with Crippen LogP contribution < -0.4 is 0 Å². The van der Waals surface area contributed by atoms with Crippen LogP contribution in [0.4, 0.5) is 0 Å². The van der Waals surface area contributed by atoms with Crippen LogP contribution in [0.1, 0.15) is 97.0 Å². The van der Waals surface area contributed by atoms with Crippen molar-refractivity contribution in [3.8, 4) is 0 Å². The zero-order valence-corrected chi connectivity index (χ0v) is 22.6. The summed E-state index contributed by atoms with van der Waals surface area (Å²) in [6.45, 7) is 8.05. The quantitative estimate of drug-likeness (QED) is 0.279. The fourth-order valence-electron chi connectivity index (χ4n) is 9.58. The smallest absolute Gasteiger partial charge is 0.298 e. The van der Waals surface area contributed by atoms with Crippen molar-refractivity contribution in [3.05, 3.63) is 35.9 Å². The molecule has 8 atom stereocenters. The first kappa shape index (κ1) is 25.4. The predicted octanol–water partition coefficient (Wildman–Crippen LogP) is 8.35. The summed E-state index contributed by atoms with van der Waals surface area (Å²) in [7, 11) is 2.24. The van der Waals surface area contributed by atoms with E-state index in [1.54, 1.807) is 0 Å². The van der Waals surface area contributed by atoms with E-state index >= 15 is 0 Å². The third-order valence-corrected chi connectivity index (χ3v) is 11.6. The Hall–Kier alpha value is -1.25. The van der Waals surface area contributed by atoms with Gasteiger partial charge in [0.15, 0.2) is 0 Å². The number of carbonyl (C=O) groups is 1. The van der Waals surface area contributed by atoms with Gasteiger partial charge in [-0.15, -0.1) is 0 Å². The van der Waals surface area contributed by atoms with E-state index in [1.807, 2.05) is 30.3 Å². The normalized spacial score (nSPS) is 40.3. The Kier molecular flexibility index (Phi) is 7.71. The van der Waals surface area contributed by atoms with E-state index in [2.05, 4.69) is 28.1 Å². The van der Waals surface area contributed by atoms with Gasteiger partial charge in [0.1, 0.15) is 13.9 Å². The van der Waals surface area contributed by atoms with Gasteiger partial charge in [-0.1, -0.05) is 76.7 Å². The van der Waals surface area contributed by atoms with Crippen molar-refractivity contribution in [2.75, 3.05) is 0 Å². The molecule has 1 radical (unpaired) electrons. The Morgan fingerprint density at radius 3 is 2.51 bits per heavy atom. The van der Waals surface area contributed by atoms with E-state index in [1.165, 1.54) is 70.6 Å². The van der Waals surface area contributed by atoms with Crippen molar-refractivity contribution in [1.29, 1.82) is 0 Å². The van der Waals surface area contributed by atoms with Gasteiger partial charge in [-0.2, -0.15) is 0 Å². The maximum absolute atomic E-state index is 12.3. The standard InChI is InChI=1S/C32H48BO2/c1-4-8-23-13-16-31(2)17-14-26-27(29(31)19-23)15-18-32(3)25(11-12-28(26)32)20-33-21-30(34)35-22-24-9-6-5-7-10-24/h5-7,9-10,23,25-29H,4,8,11-22H2,1-3H3. The minimum Gasteiger partial charge on any atom is -0.461 e. The second-order valence-corrected chi connectivity index (χ2v) is 13.4. The molecule has 0 bridgehead atoms. The zero-order valence-electron chi connectivity index (χ0n) is 22.6. The minimum absolute atomic E-state index is 0.0808. The van der Waals surface area contributed by atoms with E-state index in [0.29, 0.717) is 23.8 Å². The van der Waals surface area contributed by atoms with E-state index in [9.17, 15) is 4.79 Å². The molecule has 8 unspecified atom stereocenters. The first-order chi connectivity index (χ1) is 16.9. The zero-order chi connectivity index (χ0) is 24.5. The van der Waals surface area contributed by atoms with E-state index < -0.39 is 0 Å². The van der Waals surface area contributed by atoms with Crippen molar-refractivity contribution in [2.45, 2.75) is 111 Å². The molecule has 5 rings (SSSR count). The maximum Gasteiger partial charge on any atom is 0.298 e. The van der Waals surface area contributed by atoms with Gasteiger partial charge in [-0.3, -0.25) is 4.79 Å². The third kappa shape index (κ3) is 5.12. The van der Waals surface area contributed by atoms with Crippen LogP contribution in [0, 0.1) is 46.3 Å². The lowest BCUT2D eigenvalue weighted by atomic mass is 9.45. The van der Waals surface area contributed by atoms with Gasteiger partial charge in [0, 0.05) is 6.32 Å². The summed E-state index contributed by atoms with van der Waals surface area (Å²) in [4.78, 5) is 12.3. The van der Waals surface area contributed by atoms with Gasteiger partial charge in [-0.25, -0.2) is 0 Å². The molecule has 191 valence electrons. The molecule has 3 heteroatoms. The van der Waals surface area contributed by atoms with Crippen LogP contribution >= 0.6 is 0 Å². The number of ether oxygens (including phenoxy) is 1. The van der Waals surface area contributed by atoms with Crippen molar-refractivity contribution in [2.24, 2.45) is 46.3 Å². The fourth-order valence-corrected chi connectivity index (χ4v) is 9.58. The lowest BCUT2D eigenvalue weighted by Crippen LogP contribution is -2.52. The summed E-state index contributed by atoms with van der Waals surface area (Å²) in [5.41, 5.74) is 2.17. The molecule has 4 aliphatic rings. The van der Waals surface area contributed by atoms with Crippen LogP contribution in [0.15, 0.2) is 30.3 Å². The second kappa shape index (κ2) is 10.6. The molecule has 1 aromatic rings. The van der Waals surface area contributed by atoms with Crippen molar-refractivity contribution in [3.63, 3.8) is 0 Å². The molecular weight excluding hydrogens is 427 g/mol. The summed E-state index contributed by atoms with van der Waals surface area (Å²) in [5.74, 6) is 5.53.